The average Bonchev–Trinajstić information content (AvgIpc) is 2.82. The highest BCUT2D eigenvalue weighted by Crippen LogP contribution is 2.34. The van der Waals surface area contributed by atoms with Gasteiger partial charge in [-0.15, -0.1) is 11.3 Å². The smallest absolute Gasteiger partial charge is 0.339 e. The van der Waals surface area contributed by atoms with E-state index in [0.717, 1.165) is 20.3 Å². The normalized spacial score (nSPS) is 10.8. The molecular weight excluding hydrogens is 356 g/mol. The summed E-state index contributed by atoms with van der Waals surface area (Å²) in [5, 5.41) is 11.2. The van der Waals surface area contributed by atoms with Crippen molar-refractivity contribution in [2.75, 3.05) is 0 Å². The lowest BCUT2D eigenvalue weighted by Gasteiger charge is -2.08. The Hall–Kier alpha value is -1.99. The van der Waals surface area contributed by atoms with Gasteiger partial charge in [0.15, 0.2) is 0 Å². The molecule has 5 nitrogen and oxygen atoms in total. The van der Waals surface area contributed by atoms with Gasteiger partial charge in [0.05, 0.1) is 5.52 Å². The van der Waals surface area contributed by atoms with Crippen molar-refractivity contribution in [2.45, 2.75) is 6.92 Å². The number of nitrogens with zero attached hydrogens (tertiary/aromatic N) is 2. The summed E-state index contributed by atoms with van der Waals surface area (Å²) in [6, 6.07) is 4.75. The molecule has 0 saturated carbocycles. The third-order valence-electron chi connectivity index (χ3n) is 2.88. The molecule has 3 aromatic rings. The van der Waals surface area contributed by atoms with E-state index in [4.69, 9.17) is 4.74 Å². The van der Waals surface area contributed by atoms with Gasteiger partial charge in [-0.1, -0.05) is 15.9 Å². The van der Waals surface area contributed by atoms with Crippen molar-refractivity contribution in [2.24, 2.45) is 0 Å². The highest BCUT2D eigenvalue weighted by Gasteiger charge is 2.16. The molecule has 0 unspecified atom stereocenters. The van der Waals surface area contributed by atoms with E-state index in [1.165, 1.54) is 23.7 Å². The molecule has 106 valence electrons. The third-order valence-corrected chi connectivity index (χ3v) is 4.45. The Bertz CT molecular complexity index is 847. The monoisotopic (exact) mass is 364 g/mol. The van der Waals surface area contributed by atoms with Crippen molar-refractivity contribution in [1.29, 1.82) is 0 Å². The minimum absolute atomic E-state index is 0.0817. The molecule has 3 rings (SSSR count). The molecule has 0 amide bonds. The summed E-state index contributed by atoms with van der Waals surface area (Å²) in [5.74, 6) is -0.452. The number of carboxylic acid groups (broad SMARTS) is 1. The van der Waals surface area contributed by atoms with Crippen molar-refractivity contribution >= 4 is 43.5 Å². The zero-order chi connectivity index (χ0) is 15.0. The first-order valence-electron chi connectivity index (χ1n) is 5.96. The summed E-state index contributed by atoms with van der Waals surface area (Å²) < 4.78 is 7.26. The van der Waals surface area contributed by atoms with Gasteiger partial charge in [0.25, 0.3) is 0 Å². The predicted molar refractivity (Wildman–Crippen MR) is 83.3 cm³/mol. The number of aromatic carboxylic acids is 1. The van der Waals surface area contributed by atoms with E-state index < -0.39 is 5.97 Å². The molecule has 7 heteroatoms. The number of hydrogen-bond acceptors (Lipinski definition) is 5. The van der Waals surface area contributed by atoms with Crippen LogP contribution < -0.4 is 4.74 Å². The second-order valence-electron chi connectivity index (χ2n) is 4.32. The maximum Gasteiger partial charge on any atom is 0.339 e. The molecule has 1 aromatic carbocycles. The molecule has 0 saturated heterocycles. The first-order chi connectivity index (χ1) is 10.1. The van der Waals surface area contributed by atoms with E-state index in [9.17, 15) is 9.90 Å². The predicted octanol–water partition coefficient (Wildman–Crippen LogP) is 4.25. The van der Waals surface area contributed by atoms with Crippen LogP contribution in [0.3, 0.4) is 0 Å². The van der Waals surface area contributed by atoms with Crippen LogP contribution in [0.4, 0.5) is 0 Å². The van der Waals surface area contributed by atoms with Gasteiger partial charge < -0.3 is 9.84 Å². The number of carboxylic acids is 1. The molecule has 0 aliphatic heterocycles. The standard InChI is InChI=1S/C14H9BrN2O3S/c1-7-5-21-12-11(7)16-6-17-13(12)20-10-4-8(15)2-3-9(10)14(18)19/h2-6H,1H3,(H,18,19). The Morgan fingerprint density at radius 1 is 1.38 bits per heavy atom. The highest BCUT2D eigenvalue weighted by atomic mass is 79.9. The van der Waals surface area contributed by atoms with Crippen molar-refractivity contribution in [1.82, 2.24) is 9.97 Å². The number of halogens is 1. The molecule has 21 heavy (non-hydrogen) atoms. The van der Waals surface area contributed by atoms with Gasteiger partial charge in [-0.05, 0) is 36.1 Å². The summed E-state index contributed by atoms with van der Waals surface area (Å²) in [7, 11) is 0. The first-order valence-corrected chi connectivity index (χ1v) is 7.63. The summed E-state index contributed by atoms with van der Waals surface area (Å²) in [6.45, 7) is 1.96. The largest absolute Gasteiger partial charge is 0.478 e. The number of aryl methyl sites for hydroxylation is 1. The van der Waals surface area contributed by atoms with E-state index in [0.29, 0.717) is 5.88 Å². The quantitative estimate of drug-likeness (QED) is 0.751. The molecule has 0 bridgehead atoms. The van der Waals surface area contributed by atoms with E-state index >= 15 is 0 Å². The Balaban J connectivity index is 2.10. The molecule has 0 radical (unpaired) electrons. The van der Waals surface area contributed by atoms with Crippen LogP contribution in [0.1, 0.15) is 15.9 Å². The van der Waals surface area contributed by atoms with Crippen LogP contribution in [0.5, 0.6) is 11.6 Å². The van der Waals surface area contributed by atoms with Gasteiger partial charge in [-0.2, -0.15) is 0 Å². The fraction of sp³-hybridized carbons (Fsp3) is 0.0714. The third kappa shape index (κ3) is 2.62. The van der Waals surface area contributed by atoms with Crippen molar-refractivity contribution in [3.8, 4) is 11.6 Å². The summed E-state index contributed by atoms with van der Waals surface area (Å²) in [4.78, 5) is 19.6. The number of fused-ring (bicyclic) bond motifs is 1. The summed E-state index contributed by atoms with van der Waals surface area (Å²) in [5.41, 5.74) is 1.94. The minimum Gasteiger partial charge on any atom is -0.478 e. The van der Waals surface area contributed by atoms with Gasteiger partial charge in [-0.3, -0.25) is 0 Å². The lowest BCUT2D eigenvalue weighted by Crippen LogP contribution is -2.00. The van der Waals surface area contributed by atoms with Crippen LogP contribution in [0.15, 0.2) is 34.4 Å². The number of thiophene rings is 1. The van der Waals surface area contributed by atoms with Gasteiger partial charge >= 0.3 is 5.97 Å². The number of aromatic nitrogens is 2. The number of carbonyl (C=O) groups is 1. The fourth-order valence-electron chi connectivity index (χ4n) is 1.88. The molecule has 0 atom stereocenters. The molecule has 0 fully saturated rings. The van der Waals surface area contributed by atoms with Crippen LogP contribution in [-0.4, -0.2) is 21.0 Å². The second kappa shape index (κ2) is 5.42. The van der Waals surface area contributed by atoms with E-state index in [1.807, 2.05) is 12.3 Å². The van der Waals surface area contributed by atoms with Crippen LogP contribution in [0, 0.1) is 6.92 Å². The van der Waals surface area contributed by atoms with Gasteiger partial charge in [0.1, 0.15) is 22.3 Å². The van der Waals surface area contributed by atoms with Crippen LogP contribution >= 0.6 is 27.3 Å². The molecule has 0 aliphatic carbocycles. The maximum atomic E-state index is 11.3. The number of benzene rings is 1. The molecule has 0 spiro atoms. The average molecular weight is 365 g/mol. The van der Waals surface area contributed by atoms with Crippen molar-refractivity contribution in [3.63, 3.8) is 0 Å². The lowest BCUT2D eigenvalue weighted by atomic mass is 10.2. The van der Waals surface area contributed by atoms with E-state index in [-0.39, 0.29) is 11.3 Å². The van der Waals surface area contributed by atoms with Crippen molar-refractivity contribution < 1.29 is 14.6 Å². The Morgan fingerprint density at radius 2 is 2.19 bits per heavy atom. The van der Waals surface area contributed by atoms with Gasteiger partial charge in [-0.25, -0.2) is 14.8 Å². The Labute approximate surface area is 132 Å². The number of rotatable bonds is 3. The zero-order valence-corrected chi connectivity index (χ0v) is 13.2. The van der Waals surface area contributed by atoms with E-state index in [1.54, 1.807) is 12.1 Å². The lowest BCUT2D eigenvalue weighted by molar-refractivity contribution is 0.0694. The number of hydrogen-bond donors (Lipinski definition) is 1. The molecule has 2 aromatic heterocycles. The topological polar surface area (TPSA) is 72.3 Å². The van der Waals surface area contributed by atoms with Crippen LogP contribution in [0.2, 0.25) is 0 Å². The molecule has 2 heterocycles. The van der Waals surface area contributed by atoms with Crippen LogP contribution in [-0.2, 0) is 0 Å². The van der Waals surface area contributed by atoms with E-state index in [2.05, 4.69) is 25.9 Å². The fourth-order valence-corrected chi connectivity index (χ4v) is 3.15. The number of ether oxygens (including phenoxy) is 1. The molecule has 1 N–H and O–H groups in total. The minimum atomic E-state index is -1.05. The second-order valence-corrected chi connectivity index (χ2v) is 6.12. The van der Waals surface area contributed by atoms with Crippen LogP contribution in [0.25, 0.3) is 10.2 Å². The van der Waals surface area contributed by atoms with Crippen molar-refractivity contribution in [3.05, 3.63) is 45.5 Å². The molecule has 0 aliphatic rings. The summed E-state index contributed by atoms with van der Waals surface area (Å²) >= 11 is 4.78. The van der Waals surface area contributed by atoms with Gasteiger partial charge in [0.2, 0.25) is 5.88 Å². The SMILES string of the molecule is Cc1csc2c(Oc3cc(Br)ccc3C(=O)O)ncnc12. The van der Waals surface area contributed by atoms with Gasteiger partial charge in [0, 0.05) is 4.47 Å². The Kier molecular flexibility index (Phi) is 3.60. The first kappa shape index (κ1) is 14.0. The maximum absolute atomic E-state index is 11.3. The molecular formula is C14H9BrN2O3S. The highest BCUT2D eigenvalue weighted by molar-refractivity contribution is 9.10. The zero-order valence-electron chi connectivity index (χ0n) is 10.8. The Morgan fingerprint density at radius 3 is 2.95 bits per heavy atom. The summed E-state index contributed by atoms with van der Waals surface area (Å²) in [6.07, 6.45) is 1.41.